The summed E-state index contributed by atoms with van der Waals surface area (Å²) in [5, 5.41) is 5.77. The predicted octanol–water partition coefficient (Wildman–Crippen LogP) is 2.23. The second-order valence-electron chi connectivity index (χ2n) is 7.71. The molecule has 0 saturated carbocycles. The lowest BCUT2D eigenvalue weighted by Crippen LogP contribution is -2.58. The monoisotopic (exact) mass is 469 g/mol. The fourth-order valence-electron chi connectivity index (χ4n) is 3.43. The molecule has 0 aliphatic carbocycles. The van der Waals surface area contributed by atoms with Crippen molar-refractivity contribution in [1.82, 2.24) is 10.2 Å². The van der Waals surface area contributed by atoms with E-state index in [1.165, 1.54) is 4.90 Å². The van der Waals surface area contributed by atoms with Crippen molar-refractivity contribution in [2.24, 2.45) is 0 Å². The minimum Gasteiger partial charge on any atom is -0.490 e. The molecule has 2 N–H and O–H groups in total. The zero-order valence-corrected chi connectivity index (χ0v) is 19.3. The van der Waals surface area contributed by atoms with Crippen molar-refractivity contribution in [3.8, 4) is 11.5 Å². The van der Waals surface area contributed by atoms with Crippen molar-refractivity contribution in [2.75, 3.05) is 44.8 Å². The van der Waals surface area contributed by atoms with Gasteiger partial charge in [-0.3, -0.25) is 14.4 Å². The summed E-state index contributed by atoms with van der Waals surface area (Å²) in [6.07, 6.45) is 0.540. The largest absolute Gasteiger partial charge is 0.490 e. The topological polar surface area (TPSA) is 106 Å². The summed E-state index contributed by atoms with van der Waals surface area (Å²) in [6, 6.07) is 15.9. The molecule has 0 spiro atoms. The predicted molar refractivity (Wildman–Crippen MR) is 127 cm³/mol. The van der Waals surface area contributed by atoms with Crippen LogP contribution in [0, 0.1) is 0 Å². The maximum absolute atomic E-state index is 12.8. The van der Waals surface area contributed by atoms with Crippen molar-refractivity contribution < 1.29 is 28.6 Å². The van der Waals surface area contributed by atoms with Crippen LogP contribution in [0.5, 0.6) is 11.5 Å². The van der Waals surface area contributed by atoms with Crippen LogP contribution in [0.25, 0.3) is 0 Å². The number of para-hydroxylation sites is 1. The molecule has 0 bridgehead atoms. The number of amides is 2. The minimum atomic E-state index is -0.860. The molecule has 34 heavy (non-hydrogen) atoms. The van der Waals surface area contributed by atoms with Gasteiger partial charge >= 0.3 is 5.97 Å². The van der Waals surface area contributed by atoms with Gasteiger partial charge in [-0.2, -0.15) is 0 Å². The van der Waals surface area contributed by atoms with E-state index < -0.39 is 12.0 Å². The van der Waals surface area contributed by atoms with E-state index in [-0.39, 0.29) is 24.8 Å². The molecule has 1 aliphatic heterocycles. The Morgan fingerprint density at radius 2 is 1.68 bits per heavy atom. The number of benzene rings is 2. The van der Waals surface area contributed by atoms with Crippen molar-refractivity contribution in [1.29, 1.82) is 0 Å². The van der Waals surface area contributed by atoms with Crippen LogP contribution in [0.2, 0.25) is 0 Å². The molecular formula is C25H31N3O6. The molecule has 2 aromatic rings. The van der Waals surface area contributed by atoms with Crippen LogP contribution < -0.4 is 20.1 Å². The lowest BCUT2D eigenvalue weighted by Gasteiger charge is -2.34. The van der Waals surface area contributed by atoms with Crippen LogP contribution in [-0.4, -0.2) is 68.2 Å². The van der Waals surface area contributed by atoms with Gasteiger partial charge in [0.05, 0.1) is 19.6 Å². The second-order valence-corrected chi connectivity index (χ2v) is 7.71. The van der Waals surface area contributed by atoms with E-state index in [2.05, 4.69) is 10.6 Å². The molecule has 1 unspecified atom stereocenters. The second kappa shape index (κ2) is 13.1. The quantitative estimate of drug-likeness (QED) is 0.363. The summed E-state index contributed by atoms with van der Waals surface area (Å²) < 4.78 is 16.4. The highest BCUT2D eigenvalue weighted by Gasteiger charge is 2.34. The standard InChI is InChI=1S/C25H31N3O6/c1-2-14-34-24(30)17-22-25(31)26-12-13-28(22)23(29)18-27-19-8-10-21(11-9-19)33-16-15-32-20-6-4-3-5-7-20/h3-11,22,27H,2,12-18H2,1H3,(H,26,31). The number of nitrogens with one attached hydrogen (secondary N) is 2. The molecule has 2 aromatic carbocycles. The number of ether oxygens (including phenoxy) is 3. The molecule has 1 saturated heterocycles. The van der Waals surface area contributed by atoms with E-state index in [1.807, 2.05) is 49.4 Å². The molecule has 2 amide bonds. The van der Waals surface area contributed by atoms with E-state index >= 15 is 0 Å². The molecule has 1 aliphatic rings. The Morgan fingerprint density at radius 3 is 2.35 bits per heavy atom. The van der Waals surface area contributed by atoms with Gasteiger partial charge in [0.1, 0.15) is 30.8 Å². The van der Waals surface area contributed by atoms with E-state index in [0.717, 1.165) is 11.4 Å². The van der Waals surface area contributed by atoms with Gasteiger partial charge in [-0.05, 0) is 42.8 Å². The zero-order valence-electron chi connectivity index (χ0n) is 19.3. The number of hydrogen-bond acceptors (Lipinski definition) is 7. The van der Waals surface area contributed by atoms with Crippen LogP contribution in [0.1, 0.15) is 19.8 Å². The normalized spacial score (nSPS) is 15.3. The SMILES string of the molecule is CCCOC(=O)CC1C(=O)NCCN1C(=O)CNc1ccc(OCCOc2ccccc2)cc1. The summed E-state index contributed by atoms with van der Waals surface area (Å²) in [5.74, 6) is 0.389. The van der Waals surface area contributed by atoms with Gasteiger partial charge < -0.3 is 29.7 Å². The van der Waals surface area contributed by atoms with Crippen molar-refractivity contribution in [3.63, 3.8) is 0 Å². The number of carbonyl (C=O) groups excluding carboxylic acids is 3. The Balaban J connectivity index is 1.43. The number of carbonyl (C=O) groups is 3. The van der Waals surface area contributed by atoms with Crippen LogP contribution in [0.4, 0.5) is 5.69 Å². The number of nitrogens with zero attached hydrogens (tertiary/aromatic N) is 1. The van der Waals surface area contributed by atoms with Gasteiger partial charge in [0, 0.05) is 18.8 Å². The maximum Gasteiger partial charge on any atom is 0.308 e. The Hall–Kier alpha value is -3.75. The van der Waals surface area contributed by atoms with E-state index in [9.17, 15) is 14.4 Å². The molecule has 182 valence electrons. The average Bonchev–Trinajstić information content (AvgIpc) is 2.86. The highest BCUT2D eigenvalue weighted by atomic mass is 16.5. The third kappa shape index (κ3) is 7.68. The molecule has 0 radical (unpaired) electrons. The zero-order chi connectivity index (χ0) is 24.2. The molecule has 0 aromatic heterocycles. The Labute approximate surface area is 199 Å². The van der Waals surface area contributed by atoms with Gasteiger partial charge in [-0.25, -0.2) is 0 Å². The Kier molecular flexibility index (Phi) is 9.57. The van der Waals surface area contributed by atoms with Crippen LogP contribution in [0.3, 0.4) is 0 Å². The Morgan fingerprint density at radius 1 is 1.00 bits per heavy atom. The highest BCUT2D eigenvalue weighted by Crippen LogP contribution is 2.17. The van der Waals surface area contributed by atoms with Gasteiger partial charge in [0.25, 0.3) is 0 Å². The first-order chi connectivity index (χ1) is 16.6. The van der Waals surface area contributed by atoms with Crippen molar-refractivity contribution in [2.45, 2.75) is 25.8 Å². The lowest BCUT2D eigenvalue weighted by molar-refractivity contribution is -0.151. The molecular weight excluding hydrogens is 438 g/mol. The van der Waals surface area contributed by atoms with Crippen LogP contribution in [-0.2, 0) is 19.1 Å². The van der Waals surface area contributed by atoms with Crippen molar-refractivity contribution >= 4 is 23.5 Å². The minimum absolute atomic E-state index is 0.00108. The van der Waals surface area contributed by atoms with Crippen LogP contribution >= 0.6 is 0 Å². The van der Waals surface area contributed by atoms with Crippen molar-refractivity contribution in [3.05, 3.63) is 54.6 Å². The first-order valence-corrected chi connectivity index (χ1v) is 11.4. The molecule has 3 rings (SSSR count). The molecule has 1 atom stereocenters. The summed E-state index contributed by atoms with van der Waals surface area (Å²) >= 11 is 0. The molecule has 9 nitrogen and oxygen atoms in total. The average molecular weight is 470 g/mol. The number of hydrogen-bond donors (Lipinski definition) is 2. The first-order valence-electron chi connectivity index (χ1n) is 11.4. The van der Waals surface area contributed by atoms with Gasteiger partial charge in [-0.15, -0.1) is 0 Å². The summed E-state index contributed by atoms with van der Waals surface area (Å²) in [5.41, 5.74) is 0.738. The number of piperazine rings is 1. The summed E-state index contributed by atoms with van der Waals surface area (Å²) in [6.45, 7) is 3.71. The molecule has 1 fully saturated rings. The number of rotatable bonds is 12. The smallest absolute Gasteiger partial charge is 0.308 e. The third-order valence-electron chi connectivity index (χ3n) is 5.14. The summed E-state index contributed by atoms with van der Waals surface area (Å²) in [4.78, 5) is 38.5. The number of esters is 1. The van der Waals surface area contributed by atoms with Gasteiger partial charge in [0.15, 0.2) is 0 Å². The van der Waals surface area contributed by atoms with E-state index in [0.29, 0.717) is 45.1 Å². The third-order valence-corrected chi connectivity index (χ3v) is 5.14. The maximum atomic E-state index is 12.8. The van der Waals surface area contributed by atoms with E-state index in [1.54, 1.807) is 12.1 Å². The fraction of sp³-hybridized carbons (Fsp3) is 0.400. The lowest BCUT2D eigenvalue weighted by atomic mass is 10.1. The number of anilines is 1. The highest BCUT2D eigenvalue weighted by molar-refractivity contribution is 5.93. The summed E-state index contributed by atoms with van der Waals surface area (Å²) in [7, 11) is 0. The van der Waals surface area contributed by atoms with Gasteiger partial charge in [0.2, 0.25) is 11.8 Å². The van der Waals surface area contributed by atoms with E-state index in [4.69, 9.17) is 14.2 Å². The molecule has 1 heterocycles. The first kappa shape index (κ1) is 24.9. The Bertz CT molecular complexity index is 935. The van der Waals surface area contributed by atoms with Gasteiger partial charge in [-0.1, -0.05) is 25.1 Å². The fourth-order valence-corrected chi connectivity index (χ4v) is 3.43. The van der Waals surface area contributed by atoms with Crippen LogP contribution in [0.15, 0.2) is 54.6 Å². The molecule has 9 heteroatoms.